The number of rotatable bonds is 6. The van der Waals surface area contributed by atoms with Gasteiger partial charge in [0.05, 0.1) is 12.1 Å². The van der Waals surface area contributed by atoms with Crippen molar-refractivity contribution in [1.29, 1.82) is 0 Å². The number of benzene rings is 2. The molecule has 2 heterocycles. The lowest BCUT2D eigenvalue weighted by molar-refractivity contribution is -0.374. The first kappa shape index (κ1) is 19.3. The van der Waals surface area contributed by atoms with Crippen LogP contribution in [-0.4, -0.2) is 35.7 Å². The number of nitrogens with zero attached hydrogens (tertiary/aromatic N) is 1. The van der Waals surface area contributed by atoms with Gasteiger partial charge in [0, 0.05) is 12.5 Å². The van der Waals surface area contributed by atoms with Crippen molar-refractivity contribution in [3.05, 3.63) is 83.4 Å². The second-order valence-electron chi connectivity index (χ2n) is 7.76. The maximum Gasteiger partial charge on any atom is 0.167 e. The molecule has 148 valence electrons. The van der Waals surface area contributed by atoms with Crippen molar-refractivity contribution in [2.75, 3.05) is 7.05 Å². The van der Waals surface area contributed by atoms with Crippen molar-refractivity contribution in [3.8, 4) is 0 Å². The SMILES string of the molecule is CC1OC(Cc2ccccc2C2C=CC[C@@H](C[C@H](O)c3ccccc3)N2C)O1. The summed E-state index contributed by atoms with van der Waals surface area (Å²) in [6.07, 6.45) is 6.26. The van der Waals surface area contributed by atoms with E-state index in [0.717, 1.165) is 24.8 Å². The maximum atomic E-state index is 10.7. The summed E-state index contributed by atoms with van der Waals surface area (Å²) in [5.74, 6) is 0. The van der Waals surface area contributed by atoms with Gasteiger partial charge in [-0.05, 0) is 43.5 Å². The van der Waals surface area contributed by atoms with Crippen LogP contribution in [0, 0.1) is 0 Å². The molecule has 4 nitrogen and oxygen atoms in total. The summed E-state index contributed by atoms with van der Waals surface area (Å²) in [6, 6.07) is 18.9. The molecular formula is C24H29NO3. The number of likely N-dealkylation sites (N-methyl/N-ethyl adjacent to an activating group) is 1. The van der Waals surface area contributed by atoms with Gasteiger partial charge in [0.2, 0.25) is 0 Å². The van der Waals surface area contributed by atoms with E-state index in [-0.39, 0.29) is 24.7 Å². The van der Waals surface area contributed by atoms with Gasteiger partial charge in [-0.2, -0.15) is 0 Å². The molecule has 2 aliphatic heterocycles. The Morgan fingerprint density at radius 1 is 1.07 bits per heavy atom. The fourth-order valence-electron chi connectivity index (χ4n) is 4.27. The van der Waals surface area contributed by atoms with Gasteiger partial charge in [-0.1, -0.05) is 66.7 Å². The van der Waals surface area contributed by atoms with E-state index in [1.165, 1.54) is 11.1 Å². The Kier molecular flexibility index (Phi) is 5.93. The lowest BCUT2D eigenvalue weighted by Crippen LogP contribution is -2.41. The highest BCUT2D eigenvalue weighted by atomic mass is 16.9. The molecule has 1 saturated heterocycles. The average molecular weight is 380 g/mol. The first-order valence-electron chi connectivity index (χ1n) is 10.1. The normalized spacial score (nSPS) is 28.7. The predicted molar refractivity (Wildman–Crippen MR) is 110 cm³/mol. The van der Waals surface area contributed by atoms with Gasteiger partial charge in [-0.3, -0.25) is 4.90 Å². The van der Waals surface area contributed by atoms with Crippen LogP contribution in [-0.2, 0) is 15.9 Å². The largest absolute Gasteiger partial charge is 0.388 e. The average Bonchev–Trinajstić information content (AvgIpc) is 2.70. The van der Waals surface area contributed by atoms with Gasteiger partial charge >= 0.3 is 0 Å². The Morgan fingerprint density at radius 2 is 1.79 bits per heavy atom. The van der Waals surface area contributed by atoms with Crippen LogP contribution in [0.15, 0.2) is 66.7 Å². The maximum absolute atomic E-state index is 10.7. The standard InChI is InChI=1S/C24H29NO3/c1-17-27-24(28-17)15-19-11-6-7-13-21(19)22-14-8-12-20(25(22)2)16-23(26)18-9-4-3-5-10-18/h3-11,13-14,17,20,22-24,26H,12,15-16H2,1-2H3/t17?,20-,22?,23-,24?/m0/s1. The van der Waals surface area contributed by atoms with Crippen molar-refractivity contribution >= 4 is 0 Å². The molecule has 2 aliphatic rings. The van der Waals surface area contributed by atoms with E-state index in [1.807, 2.05) is 37.3 Å². The molecule has 4 rings (SSSR count). The van der Waals surface area contributed by atoms with Crippen LogP contribution in [0.25, 0.3) is 0 Å². The zero-order valence-electron chi connectivity index (χ0n) is 16.6. The van der Waals surface area contributed by atoms with E-state index < -0.39 is 6.10 Å². The Bertz CT molecular complexity index is 801. The Morgan fingerprint density at radius 3 is 2.54 bits per heavy atom. The van der Waals surface area contributed by atoms with Gasteiger partial charge in [-0.15, -0.1) is 0 Å². The summed E-state index contributed by atoms with van der Waals surface area (Å²) in [6.45, 7) is 1.92. The summed E-state index contributed by atoms with van der Waals surface area (Å²) in [5, 5.41) is 10.7. The number of hydrogen-bond donors (Lipinski definition) is 1. The van der Waals surface area contributed by atoms with Crippen molar-refractivity contribution in [2.24, 2.45) is 0 Å². The molecule has 0 aromatic heterocycles. The molecule has 0 bridgehead atoms. The van der Waals surface area contributed by atoms with Crippen molar-refractivity contribution in [2.45, 2.75) is 57.0 Å². The van der Waals surface area contributed by atoms with E-state index in [1.54, 1.807) is 0 Å². The van der Waals surface area contributed by atoms with Crippen LogP contribution in [0.5, 0.6) is 0 Å². The molecule has 1 N–H and O–H groups in total. The van der Waals surface area contributed by atoms with Gasteiger partial charge < -0.3 is 14.6 Å². The number of ether oxygens (including phenoxy) is 2. The molecule has 4 heteroatoms. The van der Waals surface area contributed by atoms with E-state index in [2.05, 4.69) is 48.4 Å². The van der Waals surface area contributed by atoms with Crippen LogP contribution >= 0.6 is 0 Å². The zero-order valence-corrected chi connectivity index (χ0v) is 16.6. The smallest absolute Gasteiger partial charge is 0.167 e. The predicted octanol–water partition coefficient (Wildman–Crippen LogP) is 4.37. The Balaban J connectivity index is 1.48. The topological polar surface area (TPSA) is 41.9 Å². The van der Waals surface area contributed by atoms with Gasteiger partial charge in [-0.25, -0.2) is 0 Å². The van der Waals surface area contributed by atoms with Crippen LogP contribution < -0.4 is 0 Å². The molecule has 0 saturated carbocycles. The molecule has 3 atom stereocenters. The highest BCUT2D eigenvalue weighted by Gasteiger charge is 2.31. The highest BCUT2D eigenvalue weighted by Crippen LogP contribution is 2.35. The molecule has 0 radical (unpaired) electrons. The molecule has 2 aromatic rings. The molecule has 0 amide bonds. The van der Waals surface area contributed by atoms with Crippen LogP contribution in [0.2, 0.25) is 0 Å². The number of hydrogen-bond acceptors (Lipinski definition) is 4. The summed E-state index contributed by atoms with van der Waals surface area (Å²) < 4.78 is 11.3. The molecule has 28 heavy (non-hydrogen) atoms. The minimum atomic E-state index is -0.450. The molecule has 2 aromatic carbocycles. The third-order valence-electron chi connectivity index (χ3n) is 5.87. The van der Waals surface area contributed by atoms with E-state index in [9.17, 15) is 5.11 Å². The van der Waals surface area contributed by atoms with Crippen molar-refractivity contribution in [3.63, 3.8) is 0 Å². The van der Waals surface area contributed by atoms with E-state index in [4.69, 9.17) is 9.47 Å². The lowest BCUT2D eigenvalue weighted by Gasteiger charge is -2.39. The first-order chi connectivity index (χ1) is 13.6. The summed E-state index contributed by atoms with van der Waals surface area (Å²) in [4.78, 5) is 2.39. The van der Waals surface area contributed by atoms with Crippen LogP contribution in [0.1, 0.15) is 48.6 Å². The second kappa shape index (κ2) is 8.58. The Hall–Kier alpha value is -1.98. The van der Waals surface area contributed by atoms with Gasteiger partial charge in [0.15, 0.2) is 12.6 Å². The minimum absolute atomic E-state index is 0.0988. The van der Waals surface area contributed by atoms with Crippen molar-refractivity contribution in [1.82, 2.24) is 4.90 Å². The second-order valence-corrected chi connectivity index (χ2v) is 7.76. The fourth-order valence-corrected chi connectivity index (χ4v) is 4.27. The fraction of sp³-hybridized carbons (Fsp3) is 0.417. The summed E-state index contributed by atoms with van der Waals surface area (Å²) >= 11 is 0. The lowest BCUT2D eigenvalue weighted by atomic mass is 9.90. The zero-order chi connectivity index (χ0) is 19.5. The minimum Gasteiger partial charge on any atom is -0.388 e. The number of aliphatic hydroxyl groups excluding tert-OH is 1. The van der Waals surface area contributed by atoms with Crippen LogP contribution in [0.4, 0.5) is 0 Å². The van der Waals surface area contributed by atoms with Crippen molar-refractivity contribution < 1.29 is 14.6 Å². The van der Waals surface area contributed by atoms with Gasteiger partial charge in [0.1, 0.15) is 0 Å². The highest BCUT2D eigenvalue weighted by molar-refractivity contribution is 5.34. The molecule has 1 unspecified atom stereocenters. The summed E-state index contributed by atoms with van der Waals surface area (Å²) in [5.41, 5.74) is 3.52. The quantitative estimate of drug-likeness (QED) is 0.757. The van der Waals surface area contributed by atoms with E-state index >= 15 is 0 Å². The summed E-state index contributed by atoms with van der Waals surface area (Å²) in [7, 11) is 2.16. The monoisotopic (exact) mass is 379 g/mol. The Labute approximate surface area is 167 Å². The van der Waals surface area contributed by atoms with Gasteiger partial charge in [0.25, 0.3) is 0 Å². The molecular weight excluding hydrogens is 350 g/mol. The van der Waals surface area contributed by atoms with Crippen LogP contribution in [0.3, 0.4) is 0 Å². The third kappa shape index (κ3) is 4.20. The molecule has 0 aliphatic carbocycles. The number of aliphatic hydroxyl groups is 1. The first-order valence-corrected chi connectivity index (χ1v) is 10.1. The third-order valence-corrected chi connectivity index (χ3v) is 5.87. The van der Waals surface area contributed by atoms with E-state index in [0.29, 0.717) is 0 Å². The molecule has 1 fully saturated rings. The molecule has 0 spiro atoms.